The van der Waals surface area contributed by atoms with Crippen molar-refractivity contribution in [3.63, 3.8) is 0 Å². The Bertz CT molecular complexity index is 823. The van der Waals surface area contributed by atoms with Gasteiger partial charge in [0.2, 0.25) is 5.91 Å². The van der Waals surface area contributed by atoms with Gasteiger partial charge in [0.05, 0.1) is 5.92 Å². The Hall–Kier alpha value is -2.86. The van der Waals surface area contributed by atoms with Gasteiger partial charge in [0, 0.05) is 19.6 Å². The fourth-order valence-corrected chi connectivity index (χ4v) is 3.83. The highest BCUT2D eigenvalue weighted by Gasteiger charge is 2.39. The Labute approximate surface area is 164 Å². The number of carbonyl (C=O) groups is 2. The molecule has 0 aromatic heterocycles. The van der Waals surface area contributed by atoms with Gasteiger partial charge in [-0.2, -0.15) is 0 Å². The first-order chi connectivity index (χ1) is 13.7. The number of benzene rings is 2. The molecule has 4 rings (SSSR count). The van der Waals surface area contributed by atoms with E-state index in [1.165, 1.54) is 4.90 Å². The molecule has 3 amide bonds. The number of amides is 3. The Kier molecular flexibility index (Phi) is 5.58. The van der Waals surface area contributed by atoms with Gasteiger partial charge in [0.1, 0.15) is 12.4 Å². The summed E-state index contributed by atoms with van der Waals surface area (Å²) >= 11 is 0. The number of likely N-dealkylation sites (tertiary alicyclic amines) is 1. The van der Waals surface area contributed by atoms with E-state index < -0.39 is 0 Å². The van der Waals surface area contributed by atoms with Crippen molar-refractivity contribution in [3.05, 3.63) is 65.7 Å². The van der Waals surface area contributed by atoms with E-state index in [4.69, 9.17) is 4.74 Å². The molecular formula is C22H25N3O3. The topological polar surface area (TPSA) is 70.7 Å². The van der Waals surface area contributed by atoms with E-state index in [2.05, 4.69) is 10.6 Å². The fourth-order valence-electron chi connectivity index (χ4n) is 3.83. The number of imide groups is 1. The average molecular weight is 379 g/mol. The van der Waals surface area contributed by atoms with Crippen LogP contribution in [0.25, 0.3) is 0 Å². The van der Waals surface area contributed by atoms with Gasteiger partial charge in [-0.3, -0.25) is 9.69 Å². The molecular weight excluding hydrogens is 354 g/mol. The van der Waals surface area contributed by atoms with E-state index in [1.54, 1.807) is 0 Å². The monoisotopic (exact) mass is 379 g/mol. The van der Waals surface area contributed by atoms with Crippen molar-refractivity contribution in [3.8, 4) is 5.75 Å². The Balaban J connectivity index is 1.27. The van der Waals surface area contributed by atoms with Crippen molar-refractivity contribution in [2.45, 2.75) is 19.6 Å². The number of hydrogen-bond donors (Lipinski definition) is 2. The molecule has 2 saturated heterocycles. The van der Waals surface area contributed by atoms with Crippen molar-refractivity contribution >= 4 is 11.9 Å². The second-order valence-electron chi connectivity index (χ2n) is 7.48. The van der Waals surface area contributed by atoms with Crippen LogP contribution in [0.1, 0.15) is 17.5 Å². The zero-order chi connectivity index (χ0) is 19.3. The van der Waals surface area contributed by atoms with Crippen molar-refractivity contribution < 1.29 is 14.3 Å². The van der Waals surface area contributed by atoms with Crippen LogP contribution in [0.4, 0.5) is 4.79 Å². The number of piperidine rings is 2. The van der Waals surface area contributed by atoms with E-state index >= 15 is 0 Å². The molecule has 2 aliphatic rings. The number of fused-ring (bicyclic) bond motifs is 2. The van der Waals surface area contributed by atoms with Crippen molar-refractivity contribution in [1.82, 2.24) is 15.5 Å². The highest BCUT2D eigenvalue weighted by molar-refractivity contribution is 5.96. The Morgan fingerprint density at radius 2 is 1.86 bits per heavy atom. The van der Waals surface area contributed by atoms with Gasteiger partial charge in [-0.1, -0.05) is 42.5 Å². The molecule has 2 unspecified atom stereocenters. The zero-order valence-electron chi connectivity index (χ0n) is 15.8. The molecule has 28 heavy (non-hydrogen) atoms. The van der Waals surface area contributed by atoms with E-state index in [1.807, 2.05) is 54.6 Å². The Morgan fingerprint density at radius 1 is 1.07 bits per heavy atom. The fraction of sp³-hybridized carbons (Fsp3) is 0.364. The molecule has 2 fully saturated rings. The second-order valence-corrected chi connectivity index (χ2v) is 7.48. The number of nitrogens with one attached hydrogen (secondary N) is 2. The third-order valence-corrected chi connectivity index (χ3v) is 5.36. The van der Waals surface area contributed by atoms with Gasteiger partial charge in [0.25, 0.3) is 0 Å². The largest absolute Gasteiger partial charge is 0.489 e. The predicted octanol–water partition coefficient (Wildman–Crippen LogP) is 2.54. The molecule has 2 aromatic carbocycles. The molecule has 0 spiro atoms. The van der Waals surface area contributed by atoms with Gasteiger partial charge >= 0.3 is 6.03 Å². The van der Waals surface area contributed by atoms with Gasteiger partial charge in [-0.05, 0) is 42.1 Å². The van der Waals surface area contributed by atoms with Crippen LogP contribution in [0.5, 0.6) is 5.75 Å². The Morgan fingerprint density at radius 3 is 2.64 bits per heavy atom. The lowest BCUT2D eigenvalue weighted by Gasteiger charge is -2.39. The lowest BCUT2D eigenvalue weighted by Crippen LogP contribution is -2.58. The molecule has 2 aromatic rings. The molecule has 2 heterocycles. The van der Waals surface area contributed by atoms with Crippen LogP contribution in [0.15, 0.2) is 54.6 Å². The smallest absolute Gasteiger partial charge is 0.324 e. The summed E-state index contributed by atoms with van der Waals surface area (Å²) in [5.74, 6) is 1.01. The third kappa shape index (κ3) is 4.34. The van der Waals surface area contributed by atoms with Crippen molar-refractivity contribution in [2.75, 3.05) is 19.6 Å². The summed E-state index contributed by atoms with van der Waals surface area (Å²) in [5, 5.41) is 6.14. The maximum Gasteiger partial charge on any atom is 0.324 e. The first-order valence-electron chi connectivity index (χ1n) is 9.74. The molecule has 0 aliphatic carbocycles. The molecule has 2 bridgehead atoms. The number of nitrogens with zero attached hydrogens (tertiary/aromatic N) is 1. The van der Waals surface area contributed by atoms with Crippen LogP contribution in [0, 0.1) is 11.8 Å². The summed E-state index contributed by atoms with van der Waals surface area (Å²) in [6, 6.07) is 17.3. The summed E-state index contributed by atoms with van der Waals surface area (Å²) in [6.07, 6.45) is 0.889. The lowest BCUT2D eigenvalue weighted by atomic mass is 9.85. The second kappa shape index (κ2) is 8.44. The number of rotatable bonds is 5. The highest BCUT2D eigenvalue weighted by Crippen LogP contribution is 2.25. The molecule has 0 saturated carbocycles. The van der Waals surface area contributed by atoms with Crippen LogP contribution in [0.3, 0.4) is 0 Å². The van der Waals surface area contributed by atoms with Crippen LogP contribution in [-0.2, 0) is 17.9 Å². The van der Waals surface area contributed by atoms with E-state index in [9.17, 15) is 9.59 Å². The van der Waals surface area contributed by atoms with Gasteiger partial charge in [-0.15, -0.1) is 0 Å². The lowest BCUT2D eigenvalue weighted by molar-refractivity contribution is -0.137. The van der Waals surface area contributed by atoms with Crippen LogP contribution in [-0.4, -0.2) is 36.5 Å². The minimum atomic E-state index is -0.300. The average Bonchev–Trinajstić information content (AvgIpc) is 2.75. The molecule has 6 heteroatoms. The summed E-state index contributed by atoms with van der Waals surface area (Å²) < 4.78 is 5.78. The predicted molar refractivity (Wildman–Crippen MR) is 106 cm³/mol. The molecule has 146 valence electrons. The van der Waals surface area contributed by atoms with E-state index in [0.29, 0.717) is 32.2 Å². The van der Waals surface area contributed by atoms with Crippen molar-refractivity contribution in [1.29, 1.82) is 0 Å². The summed E-state index contributed by atoms with van der Waals surface area (Å²) in [6.45, 7) is 2.95. The minimum Gasteiger partial charge on any atom is -0.489 e. The van der Waals surface area contributed by atoms with Crippen LogP contribution in [0.2, 0.25) is 0 Å². The number of hydrogen-bond acceptors (Lipinski definition) is 4. The standard InChI is InChI=1S/C22H25N3O3/c26-21-19-10-18(11-23-13-19)14-25(21)22(27)24-12-16-6-8-20(9-7-16)28-15-17-4-2-1-3-5-17/h1-9,18-19,23H,10-15H2,(H,24,27). The summed E-state index contributed by atoms with van der Waals surface area (Å²) in [4.78, 5) is 26.3. The van der Waals surface area contributed by atoms with Gasteiger partial charge < -0.3 is 15.4 Å². The third-order valence-electron chi connectivity index (χ3n) is 5.36. The first-order valence-corrected chi connectivity index (χ1v) is 9.74. The molecule has 0 radical (unpaired) electrons. The SMILES string of the molecule is O=C(NCc1ccc(OCc2ccccc2)cc1)N1CC2CNCC(C2)C1=O. The van der Waals surface area contributed by atoms with Crippen LogP contribution >= 0.6 is 0 Å². The normalized spacial score (nSPS) is 21.3. The number of urea groups is 1. The molecule has 2 atom stereocenters. The first kappa shape index (κ1) is 18.5. The molecule has 2 N–H and O–H groups in total. The highest BCUT2D eigenvalue weighted by atomic mass is 16.5. The van der Waals surface area contributed by atoms with Crippen LogP contribution < -0.4 is 15.4 Å². The summed E-state index contributed by atoms with van der Waals surface area (Å²) in [5.41, 5.74) is 2.08. The maximum atomic E-state index is 12.5. The van der Waals surface area contributed by atoms with Crippen molar-refractivity contribution in [2.24, 2.45) is 11.8 Å². The zero-order valence-corrected chi connectivity index (χ0v) is 15.8. The van der Waals surface area contributed by atoms with Gasteiger partial charge in [-0.25, -0.2) is 4.79 Å². The molecule has 2 aliphatic heterocycles. The number of carbonyl (C=O) groups excluding carboxylic acids is 2. The van der Waals surface area contributed by atoms with E-state index in [-0.39, 0.29) is 17.9 Å². The van der Waals surface area contributed by atoms with Gasteiger partial charge in [0.15, 0.2) is 0 Å². The summed E-state index contributed by atoms with van der Waals surface area (Å²) in [7, 11) is 0. The number of ether oxygens (including phenoxy) is 1. The maximum absolute atomic E-state index is 12.5. The van der Waals surface area contributed by atoms with E-state index in [0.717, 1.165) is 29.8 Å². The minimum absolute atomic E-state index is 0.0643. The quantitative estimate of drug-likeness (QED) is 0.838. The molecule has 6 nitrogen and oxygen atoms in total.